The van der Waals surface area contributed by atoms with Crippen molar-refractivity contribution in [2.75, 3.05) is 11.1 Å². The molecule has 0 saturated heterocycles. The lowest BCUT2D eigenvalue weighted by atomic mass is 9.88. The summed E-state index contributed by atoms with van der Waals surface area (Å²) in [6, 6.07) is 7.45. The molecular formula is C14H18N2O. The second kappa shape index (κ2) is 4.06. The topological polar surface area (TPSA) is 55.1 Å². The largest absolute Gasteiger partial charge is 0.397 e. The van der Waals surface area contributed by atoms with Crippen LogP contribution in [-0.4, -0.2) is 5.91 Å². The summed E-state index contributed by atoms with van der Waals surface area (Å²) in [5, 5.41) is 2.97. The zero-order valence-corrected chi connectivity index (χ0v) is 9.86. The first-order chi connectivity index (χ1) is 8.24. The Labute approximate surface area is 101 Å². The molecule has 3 N–H and O–H groups in total. The van der Waals surface area contributed by atoms with Crippen LogP contribution >= 0.6 is 0 Å². The minimum absolute atomic E-state index is 0.162. The van der Waals surface area contributed by atoms with Crippen LogP contribution in [0.4, 0.5) is 11.4 Å². The molecule has 2 aliphatic carbocycles. The standard InChI is InChI=1S/C14H18N2O/c15-12-3-1-2-4-13(12)16-14(17)11-8-9-5-6-10(11)7-9/h1-4,9-11H,5-8,15H2,(H,16,17). The van der Waals surface area contributed by atoms with Crippen molar-refractivity contribution in [1.29, 1.82) is 0 Å². The van der Waals surface area contributed by atoms with E-state index < -0.39 is 0 Å². The minimum atomic E-state index is 0.162. The predicted molar refractivity (Wildman–Crippen MR) is 68.4 cm³/mol. The van der Waals surface area contributed by atoms with Gasteiger partial charge in [-0.15, -0.1) is 0 Å². The number of anilines is 2. The smallest absolute Gasteiger partial charge is 0.227 e. The van der Waals surface area contributed by atoms with E-state index in [1.165, 1.54) is 19.3 Å². The SMILES string of the molecule is Nc1ccccc1NC(=O)C1CC2CCC1C2. The van der Waals surface area contributed by atoms with Crippen LogP contribution < -0.4 is 11.1 Å². The van der Waals surface area contributed by atoms with Gasteiger partial charge in [-0.1, -0.05) is 18.6 Å². The van der Waals surface area contributed by atoms with Gasteiger partial charge in [-0.3, -0.25) is 4.79 Å². The van der Waals surface area contributed by atoms with Crippen LogP contribution in [0, 0.1) is 17.8 Å². The summed E-state index contributed by atoms with van der Waals surface area (Å²) in [6.07, 6.45) is 4.88. The quantitative estimate of drug-likeness (QED) is 0.767. The van der Waals surface area contributed by atoms with E-state index in [0.29, 0.717) is 11.6 Å². The minimum Gasteiger partial charge on any atom is -0.397 e. The van der Waals surface area contributed by atoms with Crippen molar-refractivity contribution < 1.29 is 4.79 Å². The Morgan fingerprint density at radius 1 is 1.24 bits per heavy atom. The molecule has 2 fully saturated rings. The van der Waals surface area contributed by atoms with Gasteiger partial charge in [0.15, 0.2) is 0 Å². The summed E-state index contributed by atoms with van der Waals surface area (Å²) in [5.41, 5.74) is 7.22. The Morgan fingerprint density at radius 2 is 2.06 bits per heavy atom. The van der Waals surface area contributed by atoms with E-state index in [0.717, 1.165) is 18.0 Å². The van der Waals surface area contributed by atoms with Gasteiger partial charge in [-0.25, -0.2) is 0 Å². The van der Waals surface area contributed by atoms with Crippen molar-refractivity contribution >= 4 is 17.3 Å². The van der Waals surface area contributed by atoms with Crippen molar-refractivity contribution in [2.45, 2.75) is 25.7 Å². The Balaban J connectivity index is 1.70. The van der Waals surface area contributed by atoms with E-state index in [9.17, 15) is 4.79 Å². The fourth-order valence-electron chi connectivity index (χ4n) is 3.40. The monoisotopic (exact) mass is 230 g/mol. The average Bonchev–Trinajstić information content (AvgIpc) is 2.94. The lowest BCUT2D eigenvalue weighted by Gasteiger charge is -2.21. The first-order valence-electron chi connectivity index (χ1n) is 6.39. The number of hydrogen-bond acceptors (Lipinski definition) is 2. The highest BCUT2D eigenvalue weighted by atomic mass is 16.1. The van der Waals surface area contributed by atoms with Gasteiger partial charge in [0.25, 0.3) is 0 Å². The van der Waals surface area contributed by atoms with Crippen molar-refractivity contribution in [3.8, 4) is 0 Å². The fraction of sp³-hybridized carbons (Fsp3) is 0.500. The van der Waals surface area contributed by atoms with Crippen LogP contribution in [0.15, 0.2) is 24.3 Å². The molecule has 0 spiro atoms. The number of hydrogen-bond donors (Lipinski definition) is 2. The van der Waals surface area contributed by atoms with Crippen molar-refractivity contribution in [3.63, 3.8) is 0 Å². The maximum atomic E-state index is 12.2. The van der Waals surface area contributed by atoms with Gasteiger partial charge >= 0.3 is 0 Å². The van der Waals surface area contributed by atoms with Gasteiger partial charge in [-0.2, -0.15) is 0 Å². The molecule has 0 heterocycles. The number of amides is 1. The highest BCUT2D eigenvalue weighted by Gasteiger charge is 2.43. The average molecular weight is 230 g/mol. The Kier molecular flexibility index (Phi) is 2.54. The van der Waals surface area contributed by atoms with E-state index >= 15 is 0 Å². The molecule has 3 rings (SSSR count). The number of nitrogen functional groups attached to an aromatic ring is 1. The summed E-state index contributed by atoms with van der Waals surface area (Å²) in [4.78, 5) is 12.2. The van der Waals surface area contributed by atoms with Crippen LogP contribution in [0.5, 0.6) is 0 Å². The molecular weight excluding hydrogens is 212 g/mol. The maximum Gasteiger partial charge on any atom is 0.227 e. The molecule has 1 aromatic rings. The molecule has 0 aromatic heterocycles. The molecule has 2 bridgehead atoms. The number of rotatable bonds is 2. The zero-order chi connectivity index (χ0) is 11.8. The molecule has 1 aromatic carbocycles. The summed E-state index contributed by atoms with van der Waals surface area (Å²) in [7, 11) is 0. The summed E-state index contributed by atoms with van der Waals surface area (Å²) >= 11 is 0. The van der Waals surface area contributed by atoms with Gasteiger partial charge in [0.05, 0.1) is 11.4 Å². The number of para-hydroxylation sites is 2. The second-order valence-corrected chi connectivity index (χ2v) is 5.36. The molecule has 3 unspecified atom stereocenters. The molecule has 2 saturated carbocycles. The summed E-state index contributed by atoms with van der Waals surface area (Å²) in [5.74, 6) is 1.79. The Bertz CT molecular complexity index is 444. The third-order valence-electron chi connectivity index (χ3n) is 4.29. The number of nitrogens with one attached hydrogen (secondary N) is 1. The highest BCUT2D eigenvalue weighted by molar-refractivity contribution is 5.95. The molecule has 3 nitrogen and oxygen atoms in total. The summed E-state index contributed by atoms with van der Waals surface area (Å²) < 4.78 is 0. The molecule has 2 aliphatic rings. The number of fused-ring (bicyclic) bond motifs is 2. The van der Waals surface area contributed by atoms with E-state index in [4.69, 9.17) is 5.73 Å². The van der Waals surface area contributed by atoms with E-state index in [-0.39, 0.29) is 11.8 Å². The van der Waals surface area contributed by atoms with Crippen LogP contribution in [0.1, 0.15) is 25.7 Å². The Morgan fingerprint density at radius 3 is 2.71 bits per heavy atom. The van der Waals surface area contributed by atoms with E-state index in [1.807, 2.05) is 24.3 Å². The number of carbonyl (C=O) groups is 1. The molecule has 17 heavy (non-hydrogen) atoms. The molecule has 3 atom stereocenters. The first-order valence-corrected chi connectivity index (χ1v) is 6.39. The molecule has 90 valence electrons. The highest BCUT2D eigenvalue weighted by Crippen LogP contribution is 2.48. The number of carbonyl (C=O) groups excluding carboxylic acids is 1. The van der Waals surface area contributed by atoms with Gasteiger partial charge in [-0.05, 0) is 43.2 Å². The van der Waals surface area contributed by atoms with Crippen molar-refractivity contribution in [1.82, 2.24) is 0 Å². The van der Waals surface area contributed by atoms with Gasteiger partial charge in [0.2, 0.25) is 5.91 Å². The van der Waals surface area contributed by atoms with Crippen LogP contribution in [0.3, 0.4) is 0 Å². The van der Waals surface area contributed by atoms with Gasteiger partial charge in [0, 0.05) is 5.92 Å². The molecule has 0 aliphatic heterocycles. The second-order valence-electron chi connectivity index (χ2n) is 5.36. The van der Waals surface area contributed by atoms with Gasteiger partial charge < -0.3 is 11.1 Å². The third-order valence-corrected chi connectivity index (χ3v) is 4.29. The molecule has 1 amide bonds. The van der Waals surface area contributed by atoms with Crippen LogP contribution in [-0.2, 0) is 4.79 Å². The maximum absolute atomic E-state index is 12.2. The fourth-order valence-corrected chi connectivity index (χ4v) is 3.40. The van der Waals surface area contributed by atoms with Gasteiger partial charge in [0.1, 0.15) is 0 Å². The first kappa shape index (κ1) is 10.6. The molecule has 0 radical (unpaired) electrons. The third kappa shape index (κ3) is 1.90. The zero-order valence-electron chi connectivity index (χ0n) is 9.86. The van der Waals surface area contributed by atoms with E-state index in [2.05, 4.69) is 5.32 Å². The van der Waals surface area contributed by atoms with Crippen molar-refractivity contribution in [3.05, 3.63) is 24.3 Å². The number of benzene rings is 1. The van der Waals surface area contributed by atoms with Crippen LogP contribution in [0.25, 0.3) is 0 Å². The van der Waals surface area contributed by atoms with Crippen LogP contribution in [0.2, 0.25) is 0 Å². The van der Waals surface area contributed by atoms with Crippen molar-refractivity contribution in [2.24, 2.45) is 17.8 Å². The normalized spacial score (nSPS) is 30.5. The number of nitrogens with two attached hydrogens (primary N) is 1. The predicted octanol–water partition coefficient (Wildman–Crippen LogP) is 2.64. The lowest BCUT2D eigenvalue weighted by Crippen LogP contribution is -2.27. The molecule has 3 heteroatoms. The van der Waals surface area contributed by atoms with E-state index in [1.54, 1.807) is 0 Å². The Hall–Kier alpha value is -1.51. The lowest BCUT2D eigenvalue weighted by molar-refractivity contribution is -0.121. The summed E-state index contributed by atoms with van der Waals surface area (Å²) in [6.45, 7) is 0.